The van der Waals surface area contributed by atoms with E-state index in [0.717, 1.165) is 5.56 Å². The summed E-state index contributed by atoms with van der Waals surface area (Å²) in [5.74, 6) is 1.34. The zero-order valence-corrected chi connectivity index (χ0v) is 16.0. The predicted molar refractivity (Wildman–Crippen MR) is 108 cm³/mol. The maximum Gasteiger partial charge on any atom is 0.274 e. The van der Waals surface area contributed by atoms with E-state index in [1.165, 1.54) is 19.0 Å². The van der Waals surface area contributed by atoms with Crippen LogP contribution in [0.2, 0.25) is 0 Å². The molecule has 1 amide bonds. The molecule has 0 aliphatic rings. The van der Waals surface area contributed by atoms with Crippen molar-refractivity contribution in [2.45, 2.75) is 13.5 Å². The fraction of sp³-hybridized carbons (Fsp3) is 0.190. The number of amides is 1. The van der Waals surface area contributed by atoms with Gasteiger partial charge in [-0.3, -0.25) is 4.79 Å². The van der Waals surface area contributed by atoms with Crippen molar-refractivity contribution >= 4 is 17.4 Å². The van der Waals surface area contributed by atoms with Crippen LogP contribution in [0.5, 0.6) is 11.5 Å². The Morgan fingerprint density at radius 1 is 1.00 bits per heavy atom. The first-order chi connectivity index (χ1) is 13.6. The van der Waals surface area contributed by atoms with Crippen molar-refractivity contribution in [3.05, 3.63) is 71.7 Å². The van der Waals surface area contributed by atoms with Gasteiger partial charge in [-0.2, -0.15) is 0 Å². The van der Waals surface area contributed by atoms with E-state index >= 15 is 0 Å². The molecule has 0 aliphatic carbocycles. The number of benzene rings is 2. The predicted octanol–water partition coefficient (Wildman–Crippen LogP) is 3.67. The van der Waals surface area contributed by atoms with E-state index < -0.39 is 0 Å². The van der Waals surface area contributed by atoms with Gasteiger partial charge in [0.1, 0.15) is 29.3 Å². The summed E-state index contributed by atoms with van der Waals surface area (Å²) in [5.41, 5.74) is 3.07. The number of ether oxygens (including phenoxy) is 2. The molecule has 0 fully saturated rings. The van der Waals surface area contributed by atoms with Gasteiger partial charge in [-0.05, 0) is 24.6 Å². The van der Waals surface area contributed by atoms with E-state index in [-0.39, 0.29) is 11.6 Å². The maximum absolute atomic E-state index is 12.6. The lowest BCUT2D eigenvalue weighted by Crippen LogP contribution is -2.15. The van der Waals surface area contributed by atoms with Crippen LogP contribution in [0.15, 0.2) is 54.9 Å². The fourth-order valence-corrected chi connectivity index (χ4v) is 2.57. The van der Waals surface area contributed by atoms with Crippen molar-refractivity contribution in [3.63, 3.8) is 0 Å². The summed E-state index contributed by atoms with van der Waals surface area (Å²) in [5, 5.41) is 6.00. The molecule has 7 nitrogen and oxygen atoms in total. The molecule has 28 heavy (non-hydrogen) atoms. The second kappa shape index (κ2) is 8.85. The largest absolute Gasteiger partial charge is 0.497 e. The van der Waals surface area contributed by atoms with Crippen LogP contribution in [0.4, 0.5) is 11.5 Å². The number of nitrogens with zero attached hydrogens (tertiary/aromatic N) is 2. The highest BCUT2D eigenvalue weighted by atomic mass is 16.5. The van der Waals surface area contributed by atoms with Crippen LogP contribution in [0, 0.1) is 6.92 Å². The maximum atomic E-state index is 12.6. The van der Waals surface area contributed by atoms with Gasteiger partial charge in [-0.1, -0.05) is 29.8 Å². The van der Waals surface area contributed by atoms with Gasteiger partial charge in [0, 0.05) is 18.7 Å². The van der Waals surface area contributed by atoms with Crippen LogP contribution in [0.25, 0.3) is 0 Å². The number of aryl methyl sites for hydroxylation is 1. The molecule has 0 unspecified atom stereocenters. The molecule has 0 bridgehead atoms. The van der Waals surface area contributed by atoms with Gasteiger partial charge in [0.25, 0.3) is 5.91 Å². The Kier molecular flexibility index (Phi) is 6.06. The van der Waals surface area contributed by atoms with Crippen molar-refractivity contribution in [1.82, 2.24) is 9.97 Å². The number of methoxy groups -OCH3 is 2. The van der Waals surface area contributed by atoms with Crippen molar-refractivity contribution in [1.29, 1.82) is 0 Å². The summed E-state index contributed by atoms with van der Waals surface area (Å²) in [4.78, 5) is 20.9. The highest BCUT2D eigenvalue weighted by Crippen LogP contribution is 2.29. The minimum Gasteiger partial charge on any atom is -0.497 e. The second-order valence-electron chi connectivity index (χ2n) is 6.15. The van der Waals surface area contributed by atoms with Crippen molar-refractivity contribution in [2.75, 3.05) is 24.9 Å². The fourth-order valence-electron chi connectivity index (χ4n) is 2.57. The zero-order chi connectivity index (χ0) is 19.9. The van der Waals surface area contributed by atoms with Gasteiger partial charge >= 0.3 is 0 Å². The monoisotopic (exact) mass is 378 g/mol. The number of rotatable bonds is 7. The van der Waals surface area contributed by atoms with Gasteiger partial charge in [-0.25, -0.2) is 9.97 Å². The third-order valence-corrected chi connectivity index (χ3v) is 4.15. The lowest BCUT2D eigenvalue weighted by molar-refractivity contribution is 0.102. The number of anilines is 2. The zero-order valence-electron chi connectivity index (χ0n) is 16.0. The van der Waals surface area contributed by atoms with Gasteiger partial charge in [0.15, 0.2) is 0 Å². The lowest BCUT2D eigenvalue weighted by atomic mass is 10.1. The van der Waals surface area contributed by atoms with Gasteiger partial charge in [0.05, 0.1) is 19.9 Å². The third kappa shape index (κ3) is 4.76. The number of carbonyl (C=O) groups excluding carboxylic acids is 1. The van der Waals surface area contributed by atoms with Crippen molar-refractivity contribution in [3.8, 4) is 11.5 Å². The molecule has 2 N–H and O–H groups in total. The van der Waals surface area contributed by atoms with Gasteiger partial charge in [-0.15, -0.1) is 0 Å². The molecule has 0 saturated heterocycles. The van der Waals surface area contributed by atoms with Crippen molar-refractivity contribution < 1.29 is 14.3 Å². The summed E-state index contributed by atoms with van der Waals surface area (Å²) in [6, 6.07) is 15.0. The van der Waals surface area contributed by atoms with Crippen LogP contribution in [0.1, 0.15) is 21.6 Å². The standard InChI is InChI=1S/C21H22N4O3/c1-14-4-6-15(7-5-14)12-22-20-11-18(23-13-24-20)21(26)25-17-10-16(27-2)8-9-19(17)28-3/h4-11,13H,12H2,1-3H3,(H,25,26)(H,22,23,24). The minimum atomic E-state index is -0.368. The number of aromatic nitrogens is 2. The Morgan fingerprint density at radius 2 is 1.79 bits per heavy atom. The van der Waals surface area contributed by atoms with E-state index in [1.54, 1.807) is 31.4 Å². The molecule has 144 valence electrons. The average Bonchev–Trinajstić information content (AvgIpc) is 2.73. The molecule has 0 spiro atoms. The molecule has 2 aromatic carbocycles. The highest BCUT2D eigenvalue weighted by Gasteiger charge is 2.13. The quantitative estimate of drug-likeness (QED) is 0.653. The van der Waals surface area contributed by atoms with Crippen molar-refractivity contribution in [2.24, 2.45) is 0 Å². The molecule has 1 heterocycles. The van der Waals surface area contributed by atoms with Crippen LogP contribution >= 0.6 is 0 Å². The first-order valence-electron chi connectivity index (χ1n) is 8.74. The van der Waals surface area contributed by atoms with E-state index in [2.05, 4.69) is 32.7 Å². The Labute approximate surface area is 163 Å². The van der Waals surface area contributed by atoms with Crippen LogP contribution in [-0.2, 0) is 6.54 Å². The summed E-state index contributed by atoms with van der Waals surface area (Å²) in [6.45, 7) is 2.64. The highest BCUT2D eigenvalue weighted by molar-refractivity contribution is 6.04. The van der Waals surface area contributed by atoms with E-state index in [4.69, 9.17) is 9.47 Å². The summed E-state index contributed by atoms with van der Waals surface area (Å²) >= 11 is 0. The Morgan fingerprint density at radius 3 is 2.50 bits per heavy atom. The third-order valence-electron chi connectivity index (χ3n) is 4.15. The first kappa shape index (κ1) is 19.2. The Hall–Kier alpha value is -3.61. The van der Waals surface area contributed by atoms with Crippen LogP contribution in [-0.4, -0.2) is 30.1 Å². The van der Waals surface area contributed by atoms with E-state index in [0.29, 0.717) is 29.5 Å². The summed E-state index contributed by atoms with van der Waals surface area (Å²) in [6.07, 6.45) is 1.36. The average molecular weight is 378 g/mol. The molecular weight excluding hydrogens is 356 g/mol. The SMILES string of the molecule is COc1ccc(OC)c(NC(=O)c2cc(NCc3ccc(C)cc3)ncn2)c1. The molecule has 0 radical (unpaired) electrons. The topological polar surface area (TPSA) is 85.4 Å². The van der Waals surface area contributed by atoms with Gasteiger partial charge < -0.3 is 20.1 Å². The molecular formula is C21H22N4O3. The molecule has 0 atom stereocenters. The van der Waals surface area contributed by atoms with Gasteiger partial charge in [0.2, 0.25) is 0 Å². The Bertz CT molecular complexity index is 958. The van der Waals surface area contributed by atoms with E-state index in [1.807, 2.05) is 19.1 Å². The number of carbonyl (C=O) groups is 1. The number of hydrogen-bond acceptors (Lipinski definition) is 6. The lowest BCUT2D eigenvalue weighted by Gasteiger charge is -2.12. The second-order valence-corrected chi connectivity index (χ2v) is 6.15. The van der Waals surface area contributed by atoms with E-state index in [9.17, 15) is 4.79 Å². The number of hydrogen-bond donors (Lipinski definition) is 2. The molecule has 1 aromatic heterocycles. The molecule has 3 aromatic rings. The molecule has 7 heteroatoms. The first-order valence-corrected chi connectivity index (χ1v) is 8.74. The van der Waals surface area contributed by atoms with Crippen LogP contribution < -0.4 is 20.1 Å². The molecule has 0 aliphatic heterocycles. The summed E-state index contributed by atoms with van der Waals surface area (Å²) < 4.78 is 10.5. The Balaban J connectivity index is 1.71. The smallest absolute Gasteiger partial charge is 0.274 e. The summed E-state index contributed by atoms with van der Waals surface area (Å²) in [7, 11) is 3.10. The normalized spacial score (nSPS) is 10.2. The molecule has 3 rings (SSSR count). The minimum absolute atomic E-state index is 0.242. The number of nitrogens with one attached hydrogen (secondary N) is 2. The molecule has 0 saturated carbocycles. The van der Waals surface area contributed by atoms with Crippen LogP contribution in [0.3, 0.4) is 0 Å².